The fraction of sp³-hybridized carbons (Fsp3) is 0.778. The van der Waals surface area contributed by atoms with Gasteiger partial charge in [0.2, 0.25) is 0 Å². The maximum atomic E-state index is 4.15. The smallest absolute Gasteiger partial charge is 0.0858 e. The molecule has 0 radical (unpaired) electrons. The van der Waals surface area contributed by atoms with Crippen LogP contribution in [0.15, 0.2) is 6.20 Å². The second-order valence-electron chi connectivity index (χ2n) is 3.76. The van der Waals surface area contributed by atoms with Crippen LogP contribution in [0.25, 0.3) is 0 Å². The predicted molar refractivity (Wildman–Crippen MR) is 46.8 cm³/mol. The summed E-state index contributed by atoms with van der Waals surface area (Å²) >= 11 is 0. The maximum Gasteiger partial charge on any atom is 0.0858 e. The molecule has 66 valence electrons. The van der Waals surface area contributed by atoms with Crippen LogP contribution in [0.1, 0.15) is 44.2 Å². The van der Waals surface area contributed by atoms with Crippen LogP contribution in [-0.2, 0) is 0 Å². The van der Waals surface area contributed by atoms with Crippen molar-refractivity contribution in [2.45, 2.75) is 38.5 Å². The van der Waals surface area contributed by atoms with Crippen LogP contribution in [0.4, 0.5) is 0 Å². The monoisotopic (exact) mass is 165 g/mol. The van der Waals surface area contributed by atoms with Crippen molar-refractivity contribution in [2.75, 3.05) is 0 Å². The Morgan fingerprint density at radius 2 is 2.25 bits per heavy atom. The lowest BCUT2D eigenvalue weighted by atomic mass is 9.79. The third-order valence-corrected chi connectivity index (χ3v) is 2.93. The Morgan fingerprint density at radius 1 is 1.42 bits per heavy atom. The minimum absolute atomic E-state index is 0.650. The van der Waals surface area contributed by atoms with Gasteiger partial charge >= 0.3 is 0 Å². The van der Waals surface area contributed by atoms with E-state index in [0.29, 0.717) is 5.92 Å². The predicted octanol–water partition coefficient (Wildman–Crippen LogP) is 2.10. The molecule has 0 bridgehead atoms. The molecule has 3 heteroatoms. The van der Waals surface area contributed by atoms with Crippen LogP contribution < -0.4 is 0 Å². The summed E-state index contributed by atoms with van der Waals surface area (Å²) < 4.78 is 0. The number of hydrogen-bond acceptors (Lipinski definition) is 2. The Hall–Kier alpha value is -0.860. The van der Waals surface area contributed by atoms with Gasteiger partial charge in [-0.25, -0.2) is 0 Å². The molecule has 1 aliphatic carbocycles. The van der Waals surface area contributed by atoms with Crippen LogP contribution in [0, 0.1) is 5.92 Å². The van der Waals surface area contributed by atoms with Crippen molar-refractivity contribution in [3.8, 4) is 0 Å². The standard InChI is InChI=1S/C9H15N3/c1-7-4-2-3-5-8(7)9-6-10-12-11-9/h6-8H,2-5H2,1H3,(H,10,11,12). The van der Waals surface area contributed by atoms with E-state index in [9.17, 15) is 0 Å². The van der Waals surface area contributed by atoms with Gasteiger partial charge in [0, 0.05) is 5.92 Å². The van der Waals surface area contributed by atoms with Crippen LogP contribution in [0.2, 0.25) is 0 Å². The third-order valence-electron chi connectivity index (χ3n) is 2.93. The van der Waals surface area contributed by atoms with Crippen LogP contribution in [-0.4, -0.2) is 15.4 Å². The number of aromatic amines is 1. The van der Waals surface area contributed by atoms with E-state index in [0.717, 1.165) is 11.6 Å². The molecule has 1 aromatic heterocycles. The van der Waals surface area contributed by atoms with Gasteiger partial charge in [0.1, 0.15) is 0 Å². The number of hydrogen-bond donors (Lipinski definition) is 1. The highest BCUT2D eigenvalue weighted by Gasteiger charge is 2.24. The fourth-order valence-electron chi connectivity index (χ4n) is 2.14. The molecular formula is C9H15N3. The van der Waals surface area contributed by atoms with E-state index in [-0.39, 0.29) is 0 Å². The Kier molecular flexibility index (Phi) is 2.11. The average Bonchev–Trinajstić information content (AvgIpc) is 2.57. The van der Waals surface area contributed by atoms with Gasteiger partial charge in [-0.3, -0.25) is 0 Å². The van der Waals surface area contributed by atoms with Crippen molar-refractivity contribution < 1.29 is 0 Å². The lowest BCUT2D eigenvalue weighted by molar-refractivity contribution is 0.325. The fourth-order valence-corrected chi connectivity index (χ4v) is 2.14. The van der Waals surface area contributed by atoms with Crippen molar-refractivity contribution in [3.05, 3.63) is 11.9 Å². The zero-order chi connectivity index (χ0) is 8.39. The van der Waals surface area contributed by atoms with Gasteiger partial charge < -0.3 is 0 Å². The van der Waals surface area contributed by atoms with Gasteiger partial charge in [-0.2, -0.15) is 15.4 Å². The largest absolute Gasteiger partial charge is 0.198 e. The van der Waals surface area contributed by atoms with Crippen LogP contribution in [0.3, 0.4) is 0 Å². The molecule has 1 aromatic rings. The van der Waals surface area contributed by atoms with Crippen molar-refractivity contribution in [1.82, 2.24) is 15.4 Å². The van der Waals surface area contributed by atoms with Gasteiger partial charge in [0.25, 0.3) is 0 Å². The van der Waals surface area contributed by atoms with E-state index in [1.54, 1.807) is 0 Å². The second-order valence-corrected chi connectivity index (χ2v) is 3.76. The van der Waals surface area contributed by atoms with E-state index in [1.165, 1.54) is 25.7 Å². The molecule has 12 heavy (non-hydrogen) atoms. The Labute approximate surface area is 72.6 Å². The third kappa shape index (κ3) is 1.36. The van der Waals surface area contributed by atoms with E-state index in [1.807, 2.05) is 6.20 Å². The van der Waals surface area contributed by atoms with Crippen molar-refractivity contribution in [1.29, 1.82) is 0 Å². The number of nitrogens with one attached hydrogen (secondary N) is 1. The molecule has 1 saturated carbocycles. The highest BCUT2D eigenvalue weighted by atomic mass is 15.3. The molecule has 1 aliphatic rings. The van der Waals surface area contributed by atoms with Gasteiger partial charge in [-0.05, 0) is 12.3 Å². The molecule has 0 amide bonds. The number of nitrogens with zero attached hydrogens (tertiary/aromatic N) is 2. The molecule has 1 fully saturated rings. The van der Waals surface area contributed by atoms with Crippen LogP contribution >= 0.6 is 0 Å². The summed E-state index contributed by atoms with van der Waals surface area (Å²) in [5.74, 6) is 1.43. The lowest BCUT2D eigenvalue weighted by Gasteiger charge is -2.26. The Bertz CT molecular complexity index is 230. The van der Waals surface area contributed by atoms with Crippen LogP contribution in [0.5, 0.6) is 0 Å². The molecule has 1 N–H and O–H groups in total. The molecule has 2 atom stereocenters. The summed E-state index contributed by atoms with van der Waals surface area (Å²) in [6.07, 6.45) is 7.23. The first-order chi connectivity index (χ1) is 5.88. The molecule has 3 nitrogen and oxygen atoms in total. The van der Waals surface area contributed by atoms with Gasteiger partial charge in [0.05, 0.1) is 11.9 Å². The molecule has 1 heterocycles. The Balaban J connectivity index is 2.11. The van der Waals surface area contributed by atoms with Gasteiger partial charge in [-0.15, -0.1) is 0 Å². The zero-order valence-corrected chi connectivity index (χ0v) is 7.45. The minimum Gasteiger partial charge on any atom is -0.198 e. The summed E-state index contributed by atoms with van der Waals surface area (Å²) in [7, 11) is 0. The quantitative estimate of drug-likeness (QED) is 0.692. The molecule has 0 spiro atoms. The van der Waals surface area contributed by atoms with Crippen molar-refractivity contribution in [2.24, 2.45) is 5.92 Å². The van der Waals surface area contributed by atoms with Gasteiger partial charge in [0.15, 0.2) is 0 Å². The molecule has 0 saturated heterocycles. The summed E-state index contributed by atoms with van der Waals surface area (Å²) in [5.41, 5.74) is 1.15. The van der Waals surface area contributed by atoms with Gasteiger partial charge in [-0.1, -0.05) is 26.2 Å². The minimum atomic E-state index is 0.650. The topological polar surface area (TPSA) is 41.6 Å². The van der Waals surface area contributed by atoms with E-state index in [2.05, 4.69) is 22.3 Å². The number of rotatable bonds is 1. The maximum absolute atomic E-state index is 4.15. The summed E-state index contributed by atoms with van der Waals surface area (Å²) in [6.45, 7) is 2.32. The molecular weight excluding hydrogens is 150 g/mol. The molecule has 2 unspecified atom stereocenters. The number of H-pyrrole nitrogens is 1. The highest BCUT2D eigenvalue weighted by Crippen LogP contribution is 2.35. The van der Waals surface area contributed by atoms with Crippen molar-refractivity contribution in [3.63, 3.8) is 0 Å². The Morgan fingerprint density at radius 3 is 2.92 bits per heavy atom. The van der Waals surface area contributed by atoms with E-state index in [4.69, 9.17) is 0 Å². The average molecular weight is 165 g/mol. The summed E-state index contributed by atoms with van der Waals surface area (Å²) in [5, 5.41) is 10.7. The molecule has 0 aromatic carbocycles. The summed E-state index contributed by atoms with van der Waals surface area (Å²) in [6, 6.07) is 0. The first-order valence-electron chi connectivity index (χ1n) is 4.73. The number of aromatic nitrogens is 3. The van der Waals surface area contributed by atoms with Crippen molar-refractivity contribution >= 4 is 0 Å². The lowest BCUT2D eigenvalue weighted by Crippen LogP contribution is -2.15. The zero-order valence-electron chi connectivity index (χ0n) is 7.45. The first kappa shape index (κ1) is 7.77. The molecule has 0 aliphatic heterocycles. The van der Waals surface area contributed by atoms with E-state index >= 15 is 0 Å². The molecule has 2 rings (SSSR count). The van der Waals surface area contributed by atoms with E-state index < -0.39 is 0 Å². The first-order valence-corrected chi connectivity index (χ1v) is 4.73. The highest BCUT2D eigenvalue weighted by molar-refractivity contribution is 5.03. The SMILES string of the molecule is CC1CCCCC1c1cn[nH]n1. The summed E-state index contributed by atoms with van der Waals surface area (Å²) in [4.78, 5) is 0. The second kappa shape index (κ2) is 3.25. The normalized spacial score (nSPS) is 30.4.